The SMILES string of the molecule is CC(C)Cn1nc(C(=O)N[C@H](c2nc3ccccc3[nH]2)C(C)C)c2ccccc2c1=O. The van der Waals surface area contributed by atoms with Gasteiger partial charge in [0.15, 0.2) is 5.69 Å². The first kappa shape index (κ1) is 20.8. The van der Waals surface area contributed by atoms with E-state index in [1.165, 1.54) is 4.68 Å². The Bertz CT molecular complexity index is 1270. The molecule has 0 fully saturated rings. The molecule has 0 spiro atoms. The number of imidazole rings is 1. The summed E-state index contributed by atoms with van der Waals surface area (Å²) in [6.07, 6.45) is 0. The number of rotatable bonds is 6. The number of H-pyrrole nitrogens is 1. The maximum Gasteiger partial charge on any atom is 0.274 e. The van der Waals surface area contributed by atoms with E-state index in [1.807, 2.05) is 58.0 Å². The van der Waals surface area contributed by atoms with Crippen molar-refractivity contribution in [2.24, 2.45) is 11.8 Å². The quantitative estimate of drug-likeness (QED) is 0.495. The normalized spacial score (nSPS) is 12.7. The Morgan fingerprint density at radius 2 is 1.71 bits per heavy atom. The lowest BCUT2D eigenvalue weighted by molar-refractivity contribution is 0.0917. The van der Waals surface area contributed by atoms with Crippen LogP contribution in [-0.4, -0.2) is 25.7 Å². The van der Waals surface area contributed by atoms with E-state index in [0.29, 0.717) is 23.1 Å². The van der Waals surface area contributed by atoms with Crippen LogP contribution < -0.4 is 10.9 Å². The van der Waals surface area contributed by atoms with Gasteiger partial charge in [0.2, 0.25) is 0 Å². The van der Waals surface area contributed by atoms with Crippen molar-refractivity contribution in [3.63, 3.8) is 0 Å². The van der Waals surface area contributed by atoms with Crippen molar-refractivity contribution in [2.75, 3.05) is 0 Å². The second-order valence-electron chi connectivity index (χ2n) is 8.61. The van der Waals surface area contributed by atoms with E-state index in [2.05, 4.69) is 20.4 Å². The highest BCUT2D eigenvalue weighted by Gasteiger charge is 2.25. The Morgan fingerprint density at radius 1 is 1.03 bits per heavy atom. The van der Waals surface area contributed by atoms with E-state index < -0.39 is 0 Å². The standard InChI is InChI=1S/C24H27N5O2/c1-14(2)13-29-24(31)17-10-6-5-9-16(17)21(28-29)23(30)27-20(15(3)4)22-25-18-11-7-8-12-19(18)26-22/h5-12,14-15,20H,13H2,1-4H3,(H,25,26)(H,27,30)/t20-/m0/s1. The minimum Gasteiger partial charge on any atom is -0.340 e. The van der Waals surface area contributed by atoms with Gasteiger partial charge in [-0.25, -0.2) is 9.67 Å². The van der Waals surface area contributed by atoms with E-state index >= 15 is 0 Å². The molecule has 2 aromatic carbocycles. The fraction of sp³-hybridized carbons (Fsp3) is 0.333. The van der Waals surface area contributed by atoms with Crippen LogP contribution in [0, 0.1) is 11.8 Å². The topological polar surface area (TPSA) is 92.7 Å². The maximum atomic E-state index is 13.4. The Hall–Kier alpha value is -3.48. The summed E-state index contributed by atoms with van der Waals surface area (Å²) < 4.78 is 1.40. The zero-order valence-electron chi connectivity index (χ0n) is 18.2. The van der Waals surface area contributed by atoms with Crippen LogP contribution in [-0.2, 0) is 6.54 Å². The van der Waals surface area contributed by atoms with Crippen molar-refractivity contribution in [1.29, 1.82) is 0 Å². The lowest BCUT2D eigenvalue weighted by atomic mass is 10.0. The van der Waals surface area contributed by atoms with Crippen LogP contribution in [0.2, 0.25) is 0 Å². The molecule has 0 radical (unpaired) electrons. The van der Waals surface area contributed by atoms with Crippen LogP contribution in [0.25, 0.3) is 21.8 Å². The molecule has 0 saturated heterocycles. The van der Waals surface area contributed by atoms with Gasteiger partial charge < -0.3 is 10.3 Å². The minimum absolute atomic E-state index is 0.0948. The molecule has 1 amide bonds. The van der Waals surface area contributed by atoms with Crippen molar-refractivity contribution >= 4 is 27.7 Å². The molecular weight excluding hydrogens is 390 g/mol. The number of para-hydroxylation sites is 2. The molecule has 2 heterocycles. The monoisotopic (exact) mass is 417 g/mol. The van der Waals surface area contributed by atoms with Crippen molar-refractivity contribution in [3.8, 4) is 0 Å². The molecule has 7 heteroatoms. The maximum absolute atomic E-state index is 13.4. The zero-order valence-corrected chi connectivity index (χ0v) is 18.2. The second kappa shape index (κ2) is 8.34. The molecule has 1 atom stereocenters. The van der Waals surface area contributed by atoms with Crippen LogP contribution in [0.1, 0.15) is 50.0 Å². The second-order valence-corrected chi connectivity index (χ2v) is 8.61. The molecule has 0 saturated carbocycles. The average Bonchev–Trinajstić information content (AvgIpc) is 3.17. The predicted molar refractivity (Wildman–Crippen MR) is 122 cm³/mol. The van der Waals surface area contributed by atoms with Crippen LogP contribution in [0.3, 0.4) is 0 Å². The number of benzene rings is 2. The molecule has 0 bridgehead atoms. The number of hydrogen-bond acceptors (Lipinski definition) is 4. The molecule has 0 unspecified atom stereocenters. The molecule has 160 valence electrons. The van der Waals surface area contributed by atoms with Gasteiger partial charge in [0.05, 0.1) is 22.5 Å². The van der Waals surface area contributed by atoms with Gasteiger partial charge in [-0.15, -0.1) is 0 Å². The molecule has 7 nitrogen and oxygen atoms in total. The Kier molecular flexibility index (Phi) is 5.59. The molecule has 2 N–H and O–H groups in total. The smallest absolute Gasteiger partial charge is 0.274 e. The van der Waals surface area contributed by atoms with Crippen LogP contribution in [0.4, 0.5) is 0 Å². The number of carbonyl (C=O) groups is 1. The summed E-state index contributed by atoms with van der Waals surface area (Å²) >= 11 is 0. The van der Waals surface area contributed by atoms with Crippen LogP contribution in [0.5, 0.6) is 0 Å². The Balaban J connectivity index is 1.75. The number of aromatic nitrogens is 4. The van der Waals surface area contributed by atoms with E-state index in [-0.39, 0.29) is 35.0 Å². The van der Waals surface area contributed by atoms with Crippen molar-refractivity contribution in [2.45, 2.75) is 40.3 Å². The number of nitrogens with one attached hydrogen (secondary N) is 2. The molecule has 31 heavy (non-hydrogen) atoms. The molecule has 4 rings (SSSR count). The number of hydrogen-bond donors (Lipinski definition) is 2. The summed E-state index contributed by atoms with van der Waals surface area (Å²) in [6, 6.07) is 14.6. The lowest BCUT2D eigenvalue weighted by Gasteiger charge is -2.21. The molecule has 0 aliphatic heterocycles. The summed E-state index contributed by atoms with van der Waals surface area (Å²) in [5, 5.41) is 8.59. The largest absolute Gasteiger partial charge is 0.340 e. The highest BCUT2D eigenvalue weighted by molar-refractivity contribution is 6.04. The van der Waals surface area contributed by atoms with E-state index in [0.717, 1.165) is 11.0 Å². The summed E-state index contributed by atoms with van der Waals surface area (Å²) in [7, 11) is 0. The van der Waals surface area contributed by atoms with Crippen LogP contribution >= 0.6 is 0 Å². The van der Waals surface area contributed by atoms with Gasteiger partial charge in [-0.1, -0.05) is 58.0 Å². The molecule has 0 aliphatic rings. The predicted octanol–water partition coefficient (Wildman–Crippen LogP) is 4.06. The minimum atomic E-state index is -0.328. The molecular formula is C24H27N5O2. The Morgan fingerprint density at radius 3 is 2.39 bits per heavy atom. The Labute approximate surface area is 180 Å². The van der Waals surface area contributed by atoms with E-state index in [4.69, 9.17) is 0 Å². The van der Waals surface area contributed by atoms with Crippen molar-refractivity contribution < 1.29 is 4.79 Å². The van der Waals surface area contributed by atoms with Gasteiger partial charge >= 0.3 is 0 Å². The zero-order chi connectivity index (χ0) is 22.1. The number of fused-ring (bicyclic) bond motifs is 2. The number of carbonyl (C=O) groups excluding carboxylic acids is 1. The third kappa shape index (κ3) is 4.08. The molecule has 2 aromatic heterocycles. The van der Waals surface area contributed by atoms with Gasteiger partial charge in [-0.3, -0.25) is 9.59 Å². The fourth-order valence-electron chi connectivity index (χ4n) is 3.75. The van der Waals surface area contributed by atoms with Gasteiger partial charge in [0, 0.05) is 11.9 Å². The summed E-state index contributed by atoms with van der Waals surface area (Å²) in [4.78, 5) is 34.2. The first-order valence-corrected chi connectivity index (χ1v) is 10.6. The number of amides is 1. The summed E-state index contributed by atoms with van der Waals surface area (Å²) in [6.45, 7) is 8.53. The molecule has 0 aliphatic carbocycles. The third-order valence-electron chi connectivity index (χ3n) is 5.28. The highest BCUT2D eigenvalue weighted by Crippen LogP contribution is 2.23. The fourth-order valence-corrected chi connectivity index (χ4v) is 3.75. The summed E-state index contributed by atoms with van der Waals surface area (Å²) in [5.74, 6) is 0.691. The van der Waals surface area contributed by atoms with E-state index in [9.17, 15) is 9.59 Å². The van der Waals surface area contributed by atoms with Gasteiger partial charge in [-0.2, -0.15) is 5.10 Å². The molecule has 4 aromatic rings. The van der Waals surface area contributed by atoms with Gasteiger partial charge in [0.1, 0.15) is 5.82 Å². The van der Waals surface area contributed by atoms with E-state index in [1.54, 1.807) is 18.2 Å². The number of aromatic amines is 1. The highest BCUT2D eigenvalue weighted by atomic mass is 16.2. The average molecular weight is 418 g/mol. The number of nitrogens with zero attached hydrogens (tertiary/aromatic N) is 3. The first-order valence-electron chi connectivity index (χ1n) is 10.6. The lowest BCUT2D eigenvalue weighted by Crippen LogP contribution is -2.35. The van der Waals surface area contributed by atoms with Gasteiger partial charge in [0.25, 0.3) is 11.5 Å². The van der Waals surface area contributed by atoms with Crippen molar-refractivity contribution in [3.05, 3.63) is 70.4 Å². The van der Waals surface area contributed by atoms with Crippen LogP contribution in [0.15, 0.2) is 53.3 Å². The summed E-state index contributed by atoms with van der Waals surface area (Å²) in [5.41, 5.74) is 1.84. The first-order chi connectivity index (χ1) is 14.8. The van der Waals surface area contributed by atoms with Gasteiger partial charge in [-0.05, 0) is 30.0 Å². The third-order valence-corrected chi connectivity index (χ3v) is 5.28. The van der Waals surface area contributed by atoms with Crippen molar-refractivity contribution in [1.82, 2.24) is 25.1 Å².